The Morgan fingerprint density at radius 1 is 1.11 bits per heavy atom. The molecule has 0 radical (unpaired) electrons. The Labute approximate surface area is 162 Å². The molecule has 0 fully saturated rings. The minimum absolute atomic E-state index is 0.222. The molecule has 0 atom stereocenters. The molecule has 0 aliphatic heterocycles. The third kappa shape index (κ3) is 4.15. The fraction of sp³-hybridized carbons (Fsp3) is 0.143. The quantitative estimate of drug-likeness (QED) is 0.386. The first-order valence-corrected chi connectivity index (χ1v) is 8.82. The van der Waals surface area contributed by atoms with Gasteiger partial charge in [-0.25, -0.2) is 9.48 Å². The number of nitrogens with one attached hydrogen (secondary N) is 1. The normalized spacial score (nSPS) is 10.8. The average Bonchev–Trinajstić information content (AvgIpc) is 3.09. The number of rotatable bonds is 7. The van der Waals surface area contributed by atoms with Crippen molar-refractivity contribution in [3.05, 3.63) is 66.2 Å². The van der Waals surface area contributed by atoms with E-state index in [2.05, 4.69) is 15.6 Å². The third-order valence-electron chi connectivity index (χ3n) is 3.83. The van der Waals surface area contributed by atoms with Gasteiger partial charge in [-0.15, -0.1) is 0 Å². The van der Waals surface area contributed by atoms with Crippen LogP contribution in [0, 0.1) is 0 Å². The van der Waals surface area contributed by atoms with Crippen molar-refractivity contribution in [1.29, 1.82) is 0 Å². The van der Waals surface area contributed by atoms with Crippen molar-refractivity contribution in [2.24, 2.45) is 5.10 Å². The molecule has 1 aromatic heterocycles. The number of anilines is 1. The maximum Gasteiger partial charge on any atom is 0.344 e. The number of hydrogen-bond acceptors (Lipinski definition) is 6. The Bertz CT molecular complexity index is 995. The first-order valence-electron chi connectivity index (χ1n) is 8.82. The van der Waals surface area contributed by atoms with Crippen LogP contribution in [0.25, 0.3) is 16.9 Å². The van der Waals surface area contributed by atoms with Gasteiger partial charge < -0.3 is 4.74 Å². The van der Waals surface area contributed by atoms with Gasteiger partial charge in [0.05, 0.1) is 18.5 Å². The van der Waals surface area contributed by atoms with Crippen LogP contribution in [0.15, 0.2) is 65.8 Å². The van der Waals surface area contributed by atoms with E-state index in [1.807, 2.05) is 60.7 Å². The molecular weight excluding hydrogens is 356 g/mol. The molecular formula is C21H20N4O3. The molecule has 0 unspecified atom stereocenters. The fourth-order valence-electron chi connectivity index (χ4n) is 2.66. The summed E-state index contributed by atoms with van der Waals surface area (Å²) in [6.07, 6.45) is 1.14. The van der Waals surface area contributed by atoms with Crippen molar-refractivity contribution in [2.45, 2.75) is 13.8 Å². The van der Waals surface area contributed by atoms with E-state index in [-0.39, 0.29) is 18.0 Å². The van der Waals surface area contributed by atoms with E-state index in [4.69, 9.17) is 4.74 Å². The van der Waals surface area contributed by atoms with E-state index in [0.717, 1.165) is 17.5 Å². The summed E-state index contributed by atoms with van der Waals surface area (Å²) >= 11 is 0. The van der Waals surface area contributed by atoms with Crippen LogP contribution in [0.3, 0.4) is 0 Å². The maximum absolute atomic E-state index is 12.8. The van der Waals surface area contributed by atoms with E-state index in [1.165, 1.54) is 6.92 Å². The van der Waals surface area contributed by atoms with Crippen molar-refractivity contribution in [3.8, 4) is 16.9 Å². The lowest BCUT2D eigenvalue weighted by atomic mass is 10.1. The highest BCUT2D eigenvalue weighted by atomic mass is 16.5. The summed E-state index contributed by atoms with van der Waals surface area (Å²) in [5, 5.41) is 8.59. The lowest BCUT2D eigenvalue weighted by Gasteiger charge is -2.08. The van der Waals surface area contributed by atoms with E-state index in [9.17, 15) is 9.59 Å². The highest BCUT2D eigenvalue weighted by Gasteiger charge is 2.26. The molecule has 0 aliphatic rings. The molecule has 1 heterocycles. The molecule has 2 aromatic carbocycles. The summed E-state index contributed by atoms with van der Waals surface area (Å²) in [7, 11) is 0. The van der Waals surface area contributed by atoms with Crippen molar-refractivity contribution in [3.63, 3.8) is 0 Å². The van der Waals surface area contributed by atoms with E-state index < -0.39 is 5.97 Å². The summed E-state index contributed by atoms with van der Waals surface area (Å²) in [6, 6.07) is 18.7. The van der Waals surface area contributed by atoms with Crippen LogP contribution in [0.2, 0.25) is 0 Å². The molecule has 0 bridgehead atoms. The summed E-state index contributed by atoms with van der Waals surface area (Å²) in [5.74, 6) is -0.427. The number of ketones is 1. The Balaban J connectivity index is 2.23. The topological polar surface area (TPSA) is 85.6 Å². The molecule has 3 rings (SSSR count). The molecule has 7 nitrogen and oxygen atoms in total. The van der Waals surface area contributed by atoms with Crippen LogP contribution in [-0.2, 0) is 9.53 Å². The molecule has 1 N–H and O–H groups in total. The van der Waals surface area contributed by atoms with Crippen LogP contribution < -0.4 is 5.43 Å². The van der Waals surface area contributed by atoms with Crippen LogP contribution in [-0.4, -0.2) is 34.4 Å². The van der Waals surface area contributed by atoms with Gasteiger partial charge in [-0.1, -0.05) is 48.5 Å². The van der Waals surface area contributed by atoms with Crippen molar-refractivity contribution < 1.29 is 14.3 Å². The molecule has 28 heavy (non-hydrogen) atoms. The lowest BCUT2D eigenvalue weighted by Crippen LogP contribution is -2.10. The van der Waals surface area contributed by atoms with Crippen molar-refractivity contribution in [1.82, 2.24) is 9.78 Å². The number of esters is 1. The molecule has 0 spiro atoms. The van der Waals surface area contributed by atoms with Crippen LogP contribution in [0.5, 0.6) is 0 Å². The van der Waals surface area contributed by atoms with Crippen molar-refractivity contribution >= 4 is 23.8 Å². The van der Waals surface area contributed by atoms with Gasteiger partial charge in [-0.05, 0) is 19.1 Å². The fourth-order valence-corrected chi connectivity index (χ4v) is 2.66. The number of hydrogen-bond donors (Lipinski definition) is 1. The SMILES string of the molecule is CCOC(=O)c1c(-c2ccccc2)nn(-c2ccccc2)c1N/N=C/C(C)=O. The number of hydrazone groups is 1. The second-order valence-corrected chi connectivity index (χ2v) is 5.89. The van der Waals surface area contributed by atoms with Crippen molar-refractivity contribution in [2.75, 3.05) is 12.0 Å². The zero-order valence-electron chi connectivity index (χ0n) is 15.6. The number of carbonyl (C=O) groups excluding carboxylic acids is 2. The molecule has 7 heteroatoms. The minimum Gasteiger partial charge on any atom is -0.462 e. The Morgan fingerprint density at radius 3 is 2.36 bits per heavy atom. The van der Waals surface area contributed by atoms with Gasteiger partial charge in [-0.2, -0.15) is 10.2 Å². The molecule has 0 saturated heterocycles. The Hall–Kier alpha value is -3.74. The van der Waals surface area contributed by atoms with E-state index in [0.29, 0.717) is 11.5 Å². The van der Waals surface area contributed by atoms with Crippen LogP contribution in [0.1, 0.15) is 24.2 Å². The molecule has 142 valence electrons. The van der Waals surface area contributed by atoms with Gasteiger partial charge in [0.15, 0.2) is 11.6 Å². The van der Waals surface area contributed by atoms with Gasteiger partial charge in [-0.3, -0.25) is 10.2 Å². The standard InChI is InChI=1S/C21H20N4O3/c1-3-28-21(27)18-19(16-10-6-4-7-11-16)24-25(17-12-8-5-9-13-17)20(18)23-22-14-15(2)26/h4-14,23H,3H2,1-2H3/b22-14+. The Kier molecular flexibility index (Phi) is 5.96. The summed E-state index contributed by atoms with van der Waals surface area (Å²) in [6.45, 7) is 3.35. The molecule has 0 saturated carbocycles. The minimum atomic E-state index is -0.524. The summed E-state index contributed by atoms with van der Waals surface area (Å²) in [4.78, 5) is 24.0. The first kappa shape index (κ1) is 19.0. The highest BCUT2D eigenvalue weighted by Crippen LogP contribution is 2.32. The lowest BCUT2D eigenvalue weighted by molar-refractivity contribution is -0.110. The third-order valence-corrected chi connectivity index (χ3v) is 3.83. The summed E-state index contributed by atoms with van der Waals surface area (Å²) < 4.78 is 6.83. The van der Waals surface area contributed by atoms with Gasteiger partial charge in [0.2, 0.25) is 0 Å². The molecule has 0 aliphatic carbocycles. The van der Waals surface area contributed by atoms with Crippen LogP contribution in [0.4, 0.5) is 5.82 Å². The van der Waals surface area contributed by atoms with Gasteiger partial charge in [0.25, 0.3) is 0 Å². The van der Waals surface area contributed by atoms with Gasteiger partial charge >= 0.3 is 5.97 Å². The van der Waals surface area contributed by atoms with Gasteiger partial charge in [0, 0.05) is 12.5 Å². The average molecular weight is 376 g/mol. The number of Topliss-reactive ketones (excluding diaryl/α,β-unsaturated/α-hetero) is 1. The number of para-hydroxylation sites is 1. The predicted molar refractivity (Wildman–Crippen MR) is 108 cm³/mol. The summed E-state index contributed by atoms with van der Waals surface area (Å²) in [5.41, 5.74) is 4.99. The Morgan fingerprint density at radius 2 is 1.75 bits per heavy atom. The molecule has 0 amide bonds. The number of ether oxygens (including phenoxy) is 1. The monoisotopic (exact) mass is 376 g/mol. The largest absolute Gasteiger partial charge is 0.462 e. The number of benzene rings is 2. The van der Waals surface area contributed by atoms with Gasteiger partial charge in [0.1, 0.15) is 11.3 Å². The second-order valence-electron chi connectivity index (χ2n) is 5.89. The number of nitrogens with zero attached hydrogens (tertiary/aromatic N) is 3. The zero-order chi connectivity index (χ0) is 19.9. The van der Waals surface area contributed by atoms with E-state index >= 15 is 0 Å². The predicted octanol–water partition coefficient (Wildman–Crippen LogP) is 3.70. The first-order chi connectivity index (χ1) is 13.6. The van der Waals surface area contributed by atoms with Crippen LogP contribution >= 0.6 is 0 Å². The number of aromatic nitrogens is 2. The van der Waals surface area contributed by atoms with E-state index in [1.54, 1.807) is 11.6 Å². The molecule has 3 aromatic rings. The highest BCUT2D eigenvalue weighted by molar-refractivity contribution is 6.26. The maximum atomic E-state index is 12.8. The smallest absolute Gasteiger partial charge is 0.344 e. The zero-order valence-corrected chi connectivity index (χ0v) is 15.6. The number of carbonyl (C=O) groups is 2. The second kappa shape index (κ2) is 8.77.